The number of hydrogen-bond donors (Lipinski definition) is 2. The molecule has 1 aromatic rings. The highest BCUT2D eigenvalue weighted by molar-refractivity contribution is 7.80. The molecule has 0 unspecified atom stereocenters. The molecule has 5 heteroatoms. The molecule has 0 fully saturated rings. The minimum Gasteiger partial charge on any atom is -0.360 e. The lowest BCUT2D eigenvalue weighted by atomic mass is 10.3. The third kappa shape index (κ3) is 3.43. The fourth-order valence-corrected chi connectivity index (χ4v) is 1.37. The lowest BCUT2D eigenvalue weighted by molar-refractivity contribution is 0.590. The van der Waals surface area contributed by atoms with Gasteiger partial charge in [0.05, 0.1) is 0 Å². The fraction of sp³-hybridized carbons (Fsp3) is 0.300. The van der Waals surface area contributed by atoms with E-state index in [4.69, 9.17) is 12.2 Å². The van der Waals surface area contributed by atoms with Crippen LogP contribution in [0.1, 0.15) is 13.8 Å². The summed E-state index contributed by atoms with van der Waals surface area (Å²) in [5, 5.41) is 5.52. The van der Waals surface area contributed by atoms with Gasteiger partial charge in [0.25, 0.3) is 0 Å². The van der Waals surface area contributed by atoms with Crippen molar-refractivity contribution in [3.63, 3.8) is 0 Å². The fourth-order valence-electron chi connectivity index (χ4n) is 1.03. The lowest BCUT2D eigenvalue weighted by Gasteiger charge is -2.13. The van der Waals surface area contributed by atoms with Crippen LogP contribution in [0.4, 0.5) is 14.5 Å². The molecule has 15 heavy (non-hydrogen) atoms. The minimum absolute atomic E-state index is 0.111. The Morgan fingerprint density at radius 3 is 2.27 bits per heavy atom. The van der Waals surface area contributed by atoms with Crippen molar-refractivity contribution in [1.29, 1.82) is 0 Å². The molecule has 0 radical (unpaired) electrons. The Balaban J connectivity index is 2.76. The van der Waals surface area contributed by atoms with Crippen LogP contribution >= 0.6 is 12.2 Å². The molecule has 2 N–H and O–H groups in total. The molecule has 0 atom stereocenters. The van der Waals surface area contributed by atoms with Gasteiger partial charge < -0.3 is 10.6 Å². The number of thiocarbonyl (C=S) groups is 1. The Hall–Kier alpha value is -1.23. The molecule has 2 nitrogen and oxygen atoms in total. The molecule has 0 saturated heterocycles. The zero-order valence-corrected chi connectivity index (χ0v) is 9.29. The van der Waals surface area contributed by atoms with Gasteiger partial charge in [-0.1, -0.05) is 6.07 Å². The summed E-state index contributed by atoms with van der Waals surface area (Å²) in [5.74, 6) is -1.33. The van der Waals surface area contributed by atoms with Crippen molar-refractivity contribution < 1.29 is 8.78 Å². The van der Waals surface area contributed by atoms with Crippen LogP contribution in [0.15, 0.2) is 18.2 Å². The van der Waals surface area contributed by atoms with E-state index in [1.54, 1.807) is 0 Å². The number of para-hydroxylation sites is 1. The van der Waals surface area contributed by atoms with Gasteiger partial charge in [0.1, 0.15) is 17.3 Å². The number of hydrogen-bond acceptors (Lipinski definition) is 1. The molecule has 0 spiro atoms. The van der Waals surface area contributed by atoms with E-state index in [9.17, 15) is 8.78 Å². The molecular formula is C10H12F2N2S. The van der Waals surface area contributed by atoms with Crippen molar-refractivity contribution in [3.8, 4) is 0 Å². The summed E-state index contributed by atoms with van der Waals surface area (Å²) in [6.07, 6.45) is 0. The molecule has 0 bridgehead atoms. The van der Waals surface area contributed by atoms with Gasteiger partial charge in [-0.05, 0) is 38.2 Å². The Morgan fingerprint density at radius 1 is 1.27 bits per heavy atom. The van der Waals surface area contributed by atoms with Crippen LogP contribution in [-0.2, 0) is 0 Å². The largest absolute Gasteiger partial charge is 0.360 e. The van der Waals surface area contributed by atoms with Crippen LogP contribution in [0.5, 0.6) is 0 Å². The van der Waals surface area contributed by atoms with Crippen LogP contribution in [-0.4, -0.2) is 11.2 Å². The van der Waals surface area contributed by atoms with E-state index < -0.39 is 11.6 Å². The van der Waals surface area contributed by atoms with Crippen molar-refractivity contribution in [1.82, 2.24) is 5.32 Å². The van der Waals surface area contributed by atoms with E-state index in [1.807, 2.05) is 13.8 Å². The topological polar surface area (TPSA) is 24.1 Å². The molecule has 0 aliphatic rings. The Kier molecular flexibility index (Phi) is 3.96. The summed E-state index contributed by atoms with van der Waals surface area (Å²) in [4.78, 5) is 0. The summed E-state index contributed by atoms with van der Waals surface area (Å²) in [5.41, 5.74) is -0.226. The summed E-state index contributed by atoms with van der Waals surface area (Å²) < 4.78 is 26.3. The second-order valence-corrected chi connectivity index (χ2v) is 3.76. The zero-order valence-electron chi connectivity index (χ0n) is 8.47. The maximum Gasteiger partial charge on any atom is 0.171 e. The highest BCUT2D eigenvalue weighted by Crippen LogP contribution is 2.17. The van der Waals surface area contributed by atoms with Crippen molar-refractivity contribution >= 4 is 23.0 Å². The highest BCUT2D eigenvalue weighted by atomic mass is 32.1. The van der Waals surface area contributed by atoms with E-state index in [-0.39, 0.29) is 16.8 Å². The summed E-state index contributed by atoms with van der Waals surface area (Å²) in [7, 11) is 0. The van der Waals surface area contributed by atoms with E-state index in [0.717, 1.165) is 0 Å². The van der Waals surface area contributed by atoms with Gasteiger partial charge in [-0.2, -0.15) is 0 Å². The first-order valence-corrected chi connectivity index (χ1v) is 4.93. The van der Waals surface area contributed by atoms with E-state index in [1.165, 1.54) is 18.2 Å². The molecule has 0 saturated carbocycles. The molecular weight excluding hydrogens is 218 g/mol. The van der Waals surface area contributed by atoms with Crippen LogP contribution in [0.3, 0.4) is 0 Å². The van der Waals surface area contributed by atoms with Gasteiger partial charge in [0.15, 0.2) is 5.11 Å². The second-order valence-electron chi connectivity index (χ2n) is 3.35. The first-order valence-electron chi connectivity index (χ1n) is 4.52. The van der Waals surface area contributed by atoms with Gasteiger partial charge in [0.2, 0.25) is 0 Å². The van der Waals surface area contributed by atoms with E-state index in [2.05, 4.69) is 10.6 Å². The molecule has 82 valence electrons. The van der Waals surface area contributed by atoms with Gasteiger partial charge in [0, 0.05) is 6.04 Å². The van der Waals surface area contributed by atoms with Crippen LogP contribution in [0.25, 0.3) is 0 Å². The standard InChI is InChI=1S/C10H12F2N2S/c1-6(2)13-10(15)14-9-7(11)4-3-5-8(9)12/h3-6H,1-2H3,(H2,13,14,15). The van der Waals surface area contributed by atoms with Crippen molar-refractivity contribution in [2.75, 3.05) is 5.32 Å². The highest BCUT2D eigenvalue weighted by Gasteiger charge is 2.09. The third-order valence-corrected chi connectivity index (χ3v) is 1.84. The van der Waals surface area contributed by atoms with Crippen molar-refractivity contribution in [2.24, 2.45) is 0 Å². The molecule has 0 heterocycles. The first-order chi connectivity index (χ1) is 7.00. The van der Waals surface area contributed by atoms with Crippen LogP contribution in [0.2, 0.25) is 0 Å². The van der Waals surface area contributed by atoms with Gasteiger partial charge in [-0.25, -0.2) is 8.78 Å². The SMILES string of the molecule is CC(C)NC(=S)Nc1c(F)cccc1F. The molecule has 0 amide bonds. The predicted molar refractivity (Wildman–Crippen MR) is 60.9 cm³/mol. The van der Waals surface area contributed by atoms with Gasteiger partial charge in [-0.15, -0.1) is 0 Å². The number of nitrogens with one attached hydrogen (secondary N) is 2. The predicted octanol–water partition coefficient (Wildman–Crippen LogP) is 2.66. The Bertz CT molecular complexity index is 346. The first kappa shape index (κ1) is 11.8. The quantitative estimate of drug-likeness (QED) is 0.764. The number of halogens is 2. The number of anilines is 1. The number of benzene rings is 1. The molecule has 0 aromatic heterocycles. The normalized spacial score (nSPS) is 10.2. The average Bonchev–Trinajstić information content (AvgIpc) is 2.10. The lowest BCUT2D eigenvalue weighted by Crippen LogP contribution is -2.34. The van der Waals surface area contributed by atoms with E-state index in [0.29, 0.717) is 0 Å². The monoisotopic (exact) mass is 230 g/mol. The molecule has 0 aliphatic heterocycles. The second kappa shape index (κ2) is 5.02. The van der Waals surface area contributed by atoms with Crippen molar-refractivity contribution in [2.45, 2.75) is 19.9 Å². The summed E-state index contributed by atoms with van der Waals surface area (Å²) in [6, 6.07) is 3.75. The molecule has 1 rings (SSSR count). The third-order valence-electron chi connectivity index (χ3n) is 1.62. The van der Waals surface area contributed by atoms with Crippen molar-refractivity contribution in [3.05, 3.63) is 29.8 Å². The smallest absolute Gasteiger partial charge is 0.171 e. The van der Waals surface area contributed by atoms with Crippen LogP contribution in [0, 0.1) is 11.6 Å². The Morgan fingerprint density at radius 2 is 1.80 bits per heavy atom. The van der Waals surface area contributed by atoms with Gasteiger partial charge in [-0.3, -0.25) is 0 Å². The molecule has 0 aliphatic carbocycles. The van der Waals surface area contributed by atoms with E-state index >= 15 is 0 Å². The summed E-state index contributed by atoms with van der Waals surface area (Å²) >= 11 is 4.88. The average molecular weight is 230 g/mol. The Labute approximate surface area is 92.7 Å². The maximum atomic E-state index is 13.2. The maximum absolute atomic E-state index is 13.2. The number of rotatable bonds is 2. The van der Waals surface area contributed by atoms with Crippen LogP contribution < -0.4 is 10.6 Å². The minimum atomic E-state index is -0.664. The zero-order chi connectivity index (χ0) is 11.4. The van der Waals surface area contributed by atoms with Gasteiger partial charge >= 0.3 is 0 Å². The molecule has 1 aromatic carbocycles. The summed E-state index contributed by atoms with van der Waals surface area (Å²) in [6.45, 7) is 3.76.